The molecule has 3 aromatic carbocycles. The Kier molecular flexibility index (Phi) is 3.61. The summed E-state index contributed by atoms with van der Waals surface area (Å²) >= 11 is 0. The highest BCUT2D eigenvalue weighted by Gasteiger charge is 2.57. The van der Waals surface area contributed by atoms with Gasteiger partial charge in [0.05, 0.1) is 13.1 Å². The normalized spacial score (nSPS) is 21.6. The van der Waals surface area contributed by atoms with Crippen LogP contribution in [-0.4, -0.2) is 30.1 Å². The Labute approximate surface area is 188 Å². The van der Waals surface area contributed by atoms with Crippen molar-refractivity contribution in [1.82, 2.24) is 16.1 Å². The Hall–Kier alpha value is -4.11. The number of hydrazone groups is 1. The van der Waals surface area contributed by atoms with E-state index >= 15 is 0 Å². The van der Waals surface area contributed by atoms with Gasteiger partial charge in [-0.2, -0.15) is 0 Å². The number of amides is 1. The van der Waals surface area contributed by atoms with Gasteiger partial charge >= 0.3 is 0 Å². The van der Waals surface area contributed by atoms with E-state index in [-0.39, 0.29) is 18.5 Å². The molecule has 0 radical (unpaired) electrons. The average Bonchev–Trinajstić information content (AvgIpc) is 3.54. The molecule has 7 rings (SSSR count). The summed E-state index contributed by atoms with van der Waals surface area (Å²) in [5.41, 5.74) is 9.08. The minimum absolute atomic E-state index is 0.0547. The van der Waals surface area contributed by atoms with Crippen LogP contribution in [0.3, 0.4) is 0 Å². The molecule has 4 heterocycles. The number of nitrogens with zero attached hydrogens (tertiary/aromatic N) is 3. The molecule has 1 atom stereocenters. The molecular weight excluding hydrogens is 425 g/mol. The number of nitrogens with one attached hydrogen (secondary N) is 2. The largest absolute Gasteiger partial charge is 0.454 e. The van der Waals surface area contributed by atoms with E-state index in [1.807, 2.05) is 41.4 Å². The highest BCUT2D eigenvalue weighted by Crippen LogP contribution is 2.52. The number of fused-ring (bicyclic) bond motifs is 7. The van der Waals surface area contributed by atoms with Crippen LogP contribution < -0.4 is 25.4 Å². The number of carbonyl (C=O) groups excluding carboxylic acids is 1. The fraction of sp³-hybridized carbons (Fsp3) is 0.167. The first-order valence-corrected chi connectivity index (χ1v) is 10.6. The average molecular weight is 443 g/mol. The highest BCUT2D eigenvalue weighted by molar-refractivity contribution is 6.15. The van der Waals surface area contributed by atoms with Crippen molar-refractivity contribution in [3.63, 3.8) is 0 Å². The van der Waals surface area contributed by atoms with Crippen molar-refractivity contribution in [2.45, 2.75) is 12.0 Å². The van der Waals surface area contributed by atoms with Crippen LogP contribution >= 0.6 is 0 Å². The summed E-state index contributed by atoms with van der Waals surface area (Å²) in [5.74, 6) is 1.57. The molecule has 1 amide bonds. The molecule has 0 saturated carbocycles. The third kappa shape index (κ3) is 2.42. The van der Waals surface area contributed by atoms with Gasteiger partial charge in [-0.25, -0.2) is 9.93 Å². The molecule has 3 aromatic rings. The number of benzene rings is 3. The third-order valence-electron chi connectivity index (χ3n) is 6.73. The fourth-order valence-corrected chi connectivity index (χ4v) is 5.24. The number of ether oxygens (including phenoxy) is 2. The van der Waals surface area contributed by atoms with Crippen molar-refractivity contribution in [2.75, 3.05) is 18.2 Å². The second-order valence-electron chi connectivity index (χ2n) is 8.44. The van der Waals surface area contributed by atoms with E-state index in [0.29, 0.717) is 30.4 Å². The molecule has 0 bridgehead atoms. The van der Waals surface area contributed by atoms with E-state index < -0.39 is 5.41 Å². The van der Waals surface area contributed by atoms with Crippen LogP contribution in [0.5, 0.6) is 11.5 Å². The lowest BCUT2D eigenvalue weighted by atomic mass is 9.71. The van der Waals surface area contributed by atoms with E-state index in [1.54, 1.807) is 17.0 Å². The monoisotopic (exact) mass is 443 g/mol. The lowest BCUT2D eigenvalue weighted by molar-refractivity contribution is -0.122. The topological polar surface area (TPSA) is 78.4 Å². The van der Waals surface area contributed by atoms with Crippen LogP contribution in [0.1, 0.15) is 22.3 Å². The number of rotatable bonds is 2. The molecule has 0 aliphatic carbocycles. The molecule has 0 fully saturated rings. The lowest BCUT2D eigenvalue weighted by Gasteiger charge is -2.39. The SMILES string of the molecule is O=C1N(Cc2ccc(F)cc2)c2ccccc2C12CN1NNN=C1c1cc3c(cc12)OCO3. The van der Waals surface area contributed by atoms with Gasteiger partial charge < -0.3 is 14.4 Å². The number of anilines is 1. The second-order valence-corrected chi connectivity index (χ2v) is 8.44. The van der Waals surface area contributed by atoms with Crippen molar-refractivity contribution >= 4 is 17.4 Å². The van der Waals surface area contributed by atoms with Crippen LogP contribution in [0.15, 0.2) is 65.8 Å². The maximum atomic E-state index is 14.3. The van der Waals surface area contributed by atoms with Crippen molar-refractivity contribution in [1.29, 1.82) is 0 Å². The molecular formula is C24H18FN5O3. The van der Waals surface area contributed by atoms with Gasteiger partial charge in [0.1, 0.15) is 11.2 Å². The molecule has 2 N–H and O–H groups in total. The summed E-state index contributed by atoms with van der Waals surface area (Å²) in [5, 5.41) is 6.23. The van der Waals surface area contributed by atoms with Gasteiger partial charge in [0.2, 0.25) is 12.7 Å². The molecule has 4 aliphatic heterocycles. The van der Waals surface area contributed by atoms with Crippen molar-refractivity contribution in [2.24, 2.45) is 5.10 Å². The third-order valence-corrected chi connectivity index (χ3v) is 6.73. The number of para-hydroxylation sites is 1. The minimum atomic E-state index is -0.981. The Morgan fingerprint density at radius 1 is 1.03 bits per heavy atom. The molecule has 4 aliphatic rings. The Morgan fingerprint density at radius 3 is 2.67 bits per heavy atom. The summed E-state index contributed by atoms with van der Waals surface area (Å²) in [6.45, 7) is 0.824. The van der Waals surface area contributed by atoms with Crippen LogP contribution in [0.2, 0.25) is 0 Å². The van der Waals surface area contributed by atoms with Gasteiger partial charge in [-0.3, -0.25) is 9.80 Å². The zero-order valence-electron chi connectivity index (χ0n) is 17.3. The molecule has 0 aromatic heterocycles. The van der Waals surface area contributed by atoms with E-state index in [4.69, 9.17) is 9.47 Å². The van der Waals surface area contributed by atoms with Crippen molar-refractivity contribution in [3.05, 3.63) is 88.7 Å². The number of amidine groups is 1. The van der Waals surface area contributed by atoms with Gasteiger partial charge in [-0.05, 0) is 47.0 Å². The fourth-order valence-electron chi connectivity index (χ4n) is 5.24. The quantitative estimate of drug-likeness (QED) is 0.634. The summed E-state index contributed by atoms with van der Waals surface area (Å²) in [6.07, 6.45) is 0. The first kappa shape index (κ1) is 18.5. The molecule has 1 unspecified atom stereocenters. The van der Waals surface area contributed by atoms with Gasteiger partial charge in [-0.15, -0.1) is 10.6 Å². The number of halogens is 1. The predicted molar refractivity (Wildman–Crippen MR) is 117 cm³/mol. The van der Waals surface area contributed by atoms with Crippen molar-refractivity contribution < 1.29 is 18.7 Å². The van der Waals surface area contributed by atoms with Gasteiger partial charge in [0, 0.05) is 11.3 Å². The minimum Gasteiger partial charge on any atom is -0.454 e. The van der Waals surface area contributed by atoms with Crippen LogP contribution in [-0.2, 0) is 16.8 Å². The number of hydrogen-bond donors (Lipinski definition) is 2. The molecule has 33 heavy (non-hydrogen) atoms. The molecule has 164 valence electrons. The smallest absolute Gasteiger partial charge is 0.244 e. The molecule has 9 heteroatoms. The van der Waals surface area contributed by atoms with E-state index in [2.05, 4.69) is 16.2 Å². The number of hydrazine groups is 2. The van der Waals surface area contributed by atoms with Gasteiger partial charge in [0.25, 0.3) is 0 Å². The first-order valence-electron chi connectivity index (χ1n) is 10.6. The molecule has 8 nitrogen and oxygen atoms in total. The van der Waals surface area contributed by atoms with E-state index in [1.165, 1.54) is 12.1 Å². The number of carbonyl (C=O) groups is 1. The van der Waals surface area contributed by atoms with Crippen LogP contribution in [0, 0.1) is 5.82 Å². The van der Waals surface area contributed by atoms with E-state index in [0.717, 1.165) is 27.9 Å². The summed E-state index contributed by atoms with van der Waals surface area (Å²) in [7, 11) is 0. The Morgan fingerprint density at radius 2 is 1.82 bits per heavy atom. The van der Waals surface area contributed by atoms with Crippen LogP contribution in [0.25, 0.3) is 0 Å². The van der Waals surface area contributed by atoms with Gasteiger partial charge in [0.15, 0.2) is 17.3 Å². The first-order chi connectivity index (χ1) is 16.1. The molecule has 0 saturated heterocycles. The Bertz CT molecular complexity index is 1360. The standard InChI is InChI=1S/C24H18FN5O3/c25-15-7-5-14(6-8-15)11-29-19-4-2-1-3-17(19)24(23(29)31)12-30-22(26-27-28-30)16-9-20-21(10-18(16)24)33-13-32-20/h1-10,27-28H,11-13H2. The zero-order valence-corrected chi connectivity index (χ0v) is 17.3. The lowest BCUT2D eigenvalue weighted by Crippen LogP contribution is -2.57. The van der Waals surface area contributed by atoms with Gasteiger partial charge in [-0.1, -0.05) is 30.3 Å². The predicted octanol–water partition coefficient (Wildman–Crippen LogP) is 2.39. The van der Waals surface area contributed by atoms with Crippen LogP contribution in [0.4, 0.5) is 10.1 Å². The molecule has 1 spiro atoms. The Balaban J connectivity index is 1.44. The summed E-state index contributed by atoms with van der Waals surface area (Å²) < 4.78 is 24.7. The summed E-state index contributed by atoms with van der Waals surface area (Å²) in [4.78, 5) is 16.1. The highest BCUT2D eigenvalue weighted by atomic mass is 19.1. The van der Waals surface area contributed by atoms with Crippen molar-refractivity contribution in [3.8, 4) is 11.5 Å². The maximum absolute atomic E-state index is 14.3. The van der Waals surface area contributed by atoms with E-state index in [9.17, 15) is 9.18 Å². The maximum Gasteiger partial charge on any atom is 0.244 e. The zero-order chi connectivity index (χ0) is 22.2. The second kappa shape index (κ2) is 6.46. The summed E-state index contributed by atoms with van der Waals surface area (Å²) in [6, 6.07) is 17.9. The number of hydrogen-bond acceptors (Lipinski definition) is 7.